The molecule has 1 saturated heterocycles. The molecule has 29 heavy (non-hydrogen) atoms. The van der Waals surface area contributed by atoms with Crippen LogP contribution in [0.1, 0.15) is 23.4 Å². The molecular weight excluding hydrogens is 392 g/mol. The fourth-order valence-corrected chi connectivity index (χ4v) is 5.46. The Morgan fingerprint density at radius 2 is 1.72 bits per heavy atom. The monoisotopic (exact) mass is 420 g/mol. The van der Waals surface area contributed by atoms with Crippen molar-refractivity contribution in [3.63, 3.8) is 0 Å². The molecule has 3 rings (SSSR count). The summed E-state index contributed by atoms with van der Waals surface area (Å²) in [7, 11) is -0.256. The number of carbonyl (C=O) groups is 1. The van der Waals surface area contributed by atoms with E-state index in [1.54, 1.807) is 37.6 Å². The molecule has 1 aliphatic rings. The van der Waals surface area contributed by atoms with Gasteiger partial charge in [-0.1, -0.05) is 12.1 Å². The summed E-state index contributed by atoms with van der Waals surface area (Å²) in [6.07, 6.45) is 1.05. The van der Waals surface area contributed by atoms with Gasteiger partial charge < -0.3 is 9.64 Å². The maximum absolute atomic E-state index is 13.0. The lowest BCUT2D eigenvalue weighted by molar-refractivity contribution is -0.132. The van der Waals surface area contributed by atoms with Crippen molar-refractivity contribution in [1.29, 1.82) is 0 Å². The maximum Gasteiger partial charge on any atom is 0.246 e. The van der Waals surface area contributed by atoms with Crippen LogP contribution in [0.3, 0.4) is 0 Å². The molecule has 0 atom stereocenters. The minimum Gasteiger partial charge on any atom is -0.497 e. The highest BCUT2D eigenvalue weighted by Gasteiger charge is 2.33. The number of benzene rings is 1. The first-order chi connectivity index (χ1) is 13.7. The summed E-state index contributed by atoms with van der Waals surface area (Å²) in [5.74, 6) is 0.836. The van der Waals surface area contributed by atoms with Crippen LogP contribution in [0.25, 0.3) is 0 Å². The van der Waals surface area contributed by atoms with E-state index in [4.69, 9.17) is 4.74 Å². The largest absolute Gasteiger partial charge is 0.497 e. The summed E-state index contributed by atoms with van der Waals surface area (Å²) < 4.78 is 34.3. The molecule has 0 N–H and O–H groups in total. The Morgan fingerprint density at radius 3 is 2.24 bits per heavy atom. The number of methoxy groups -OCH3 is 1. The topological polar surface area (TPSA) is 84.7 Å². The van der Waals surface area contributed by atoms with Crippen molar-refractivity contribution < 1.29 is 17.9 Å². The molecule has 2 aromatic rings. The van der Waals surface area contributed by atoms with Gasteiger partial charge in [-0.2, -0.15) is 9.40 Å². The van der Waals surface area contributed by atoms with Crippen molar-refractivity contribution in [1.82, 2.24) is 19.0 Å². The summed E-state index contributed by atoms with van der Waals surface area (Å²) >= 11 is 0. The zero-order chi connectivity index (χ0) is 21.2. The van der Waals surface area contributed by atoms with Gasteiger partial charge in [-0.25, -0.2) is 8.42 Å². The smallest absolute Gasteiger partial charge is 0.246 e. The lowest BCUT2D eigenvalue weighted by atomic mass is 10.1. The number of amides is 1. The Labute approximate surface area is 172 Å². The summed E-state index contributed by atoms with van der Waals surface area (Å²) in [4.78, 5) is 14.6. The molecule has 0 spiro atoms. The lowest BCUT2D eigenvalue weighted by Gasteiger charge is -2.34. The summed E-state index contributed by atoms with van der Waals surface area (Å²) in [5, 5.41) is 4.22. The van der Waals surface area contributed by atoms with Gasteiger partial charge in [-0.05, 0) is 38.0 Å². The fourth-order valence-electron chi connectivity index (χ4n) is 3.64. The second-order valence-electron chi connectivity index (χ2n) is 7.26. The van der Waals surface area contributed by atoms with Gasteiger partial charge in [0.15, 0.2) is 0 Å². The van der Waals surface area contributed by atoms with Crippen molar-refractivity contribution in [3.05, 3.63) is 41.2 Å². The zero-order valence-corrected chi connectivity index (χ0v) is 18.2. The van der Waals surface area contributed by atoms with E-state index in [-0.39, 0.29) is 10.8 Å². The van der Waals surface area contributed by atoms with Crippen molar-refractivity contribution >= 4 is 15.9 Å². The van der Waals surface area contributed by atoms with Crippen molar-refractivity contribution in [3.8, 4) is 5.75 Å². The zero-order valence-electron chi connectivity index (χ0n) is 17.4. The van der Waals surface area contributed by atoms with Crippen molar-refractivity contribution in [2.45, 2.75) is 31.6 Å². The molecule has 1 aromatic heterocycles. The molecule has 0 radical (unpaired) electrons. The van der Waals surface area contributed by atoms with Crippen LogP contribution in [0.4, 0.5) is 0 Å². The number of aryl methyl sites for hydroxylation is 3. The molecule has 1 amide bonds. The van der Waals surface area contributed by atoms with E-state index in [1.807, 2.05) is 24.3 Å². The Kier molecular flexibility index (Phi) is 6.28. The molecule has 0 saturated carbocycles. The van der Waals surface area contributed by atoms with Crippen molar-refractivity contribution in [2.24, 2.45) is 7.05 Å². The van der Waals surface area contributed by atoms with E-state index < -0.39 is 10.0 Å². The standard InChI is InChI=1S/C20H28N4O4S/c1-15-20(16(2)22(3)21-15)29(26,27)24-13-11-23(12-14-24)19(25)10-7-17-5-8-18(28-4)9-6-17/h5-6,8-9H,7,10-14H2,1-4H3. The highest BCUT2D eigenvalue weighted by Crippen LogP contribution is 2.24. The van der Waals surface area contributed by atoms with Gasteiger partial charge in [0.2, 0.25) is 15.9 Å². The molecule has 0 aliphatic carbocycles. The molecule has 0 bridgehead atoms. The van der Waals surface area contributed by atoms with E-state index in [9.17, 15) is 13.2 Å². The highest BCUT2D eigenvalue weighted by atomic mass is 32.2. The third-order valence-corrected chi connectivity index (χ3v) is 7.57. The lowest BCUT2D eigenvalue weighted by Crippen LogP contribution is -2.50. The van der Waals surface area contributed by atoms with E-state index in [0.29, 0.717) is 50.4 Å². The van der Waals surface area contributed by atoms with Crippen LogP contribution in [-0.4, -0.2) is 66.6 Å². The second kappa shape index (κ2) is 8.54. The van der Waals surface area contributed by atoms with Crippen LogP contribution >= 0.6 is 0 Å². The minimum atomic E-state index is -3.61. The van der Waals surface area contributed by atoms with Crippen LogP contribution in [0.5, 0.6) is 5.75 Å². The number of aromatic nitrogens is 2. The molecule has 0 unspecified atom stereocenters. The van der Waals surface area contributed by atoms with Crippen molar-refractivity contribution in [2.75, 3.05) is 33.3 Å². The molecule has 8 nitrogen and oxygen atoms in total. The van der Waals surface area contributed by atoms with E-state index in [0.717, 1.165) is 11.3 Å². The van der Waals surface area contributed by atoms with Gasteiger partial charge in [0.05, 0.1) is 18.5 Å². The predicted molar refractivity (Wildman–Crippen MR) is 109 cm³/mol. The van der Waals surface area contributed by atoms with Gasteiger partial charge in [-0.3, -0.25) is 9.48 Å². The molecule has 1 aromatic carbocycles. The molecular formula is C20H28N4O4S. The highest BCUT2D eigenvalue weighted by molar-refractivity contribution is 7.89. The number of nitrogens with zero attached hydrogens (tertiary/aromatic N) is 4. The van der Waals surface area contributed by atoms with E-state index in [1.165, 1.54) is 4.31 Å². The number of ether oxygens (including phenoxy) is 1. The first kappa shape index (κ1) is 21.3. The SMILES string of the molecule is COc1ccc(CCC(=O)N2CCN(S(=O)(=O)c3c(C)nn(C)c3C)CC2)cc1. The van der Waals surface area contributed by atoms with Gasteiger partial charge in [0.1, 0.15) is 10.6 Å². The number of rotatable bonds is 6. The van der Waals surface area contributed by atoms with Gasteiger partial charge in [-0.15, -0.1) is 0 Å². The Morgan fingerprint density at radius 1 is 1.10 bits per heavy atom. The summed E-state index contributed by atoms with van der Waals surface area (Å²) in [6, 6.07) is 7.67. The number of piperazine rings is 1. The fraction of sp³-hybridized carbons (Fsp3) is 0.500. The average molecular weight is 421 g/mol. The Bertz CT molecular complexity index is 975. The molecule has 2 heterocycles. The number of hydrogen-bond acceptors (Lipinski definition) is 5. The van der Waals surface area contributed by atoms with Crippen LogP contribution in [0, 0.1) is 13.8 Å². The summed E-state index contributed by atoms with van der Waals surface area (Å²) in [6.45, 7) is 4.86. The van der Waals surface area contributed by atoms with Gasteiger partial charge >= 0.3 is 0 Å². The number of sulfonamides is 1. The van der Waals surface area contributed by atoms with Crippen LogP contribution in [-0.2, 0) is 28.3 Å². The second-order valence-corrected chi connectivity index (χ2v) is 9.13. The number of hydrogen-bond donors (Lipinski definition) is 0. The minimum absolute atomic E-state index is 0.0478. The summed E-state index contributed by atoms with van der Waals surface area (Å²) in [5.41, 5.74) is 2.20. The number of carbonyl (C=O) groups excluding carboxylic acids is 1. The molecule has 158 valence electrons. The third kappa shape index (κ3) is 4.45. The normalized spacial score (nSPS) is 15.5. The van der Waals surface area contributed by atoms with Crippen LogP contribution in [0.2, 0.25) is 0 Å². The van der Waals surface area contributed by atoms with E-state index >= 15 is 0 Å². The van der Waals surface area contributed by atoms with E-state index in [2.05, 4.69) is 5.10 Å². The molecule has 1 fully saturated rings. The molecule has 1 aliphatic heterocycles. The quantitative estimate of drug-likeness (QED) is 0.707. The van der Waals surface area contributed by atoms with Gasteiger partial charge in [0, 0.05) is 39.6 Å². The predicted octanol–water partition coefficient (Wildman–Crippen LogP) is 1.51. The Balaban J connectivity index is 1.57. The molecule has 9 heteroatoms. The first-order valence-electron chi connectivity index (χ1n) is 9.65. The van der Waals surface area contributed by atoms with Crippen LogP contribution in [0.15, 0.2) is 29.2 Å². The van der Waals surface area contributed by atoms with Gasteiger partial charge in [0.25, 0.3) is 0 Å². The maximum atomic E-state index is 13.0. The van der Waals surface area contributed by atoms with Crippen LogP contribution < -0.4 is 4.74 Å². The Hall–Kier alpha value is -2.39. The first-order valence-corrected chi connectivity index (χ1v) is 11.1. The third-order valence-electron chi connectivity index (χ3n) is 5.42. The average Bonchev–Trinajstić information content (AvgIpc) is 2.98.